The number of carbonyl (C=O) groups is 4. The summed E-state index contributed by atoms with van der Waals surface area (Å²) in [6.07, 6.45) is -0.149. The zero-order valence-corrected chi connectivity index (χ0v) is 46.5. The van der Waals surface area contributed by atoms with Gasteiger partial charge in [0.15, 0.2) is 6.08 Å². The maximum atomic E-state index is 14.6. The molecule has 3 atom stereocenters. The van der Waals surface area contributed by atoms with E-state index >= 15 is 0 Å². The molecule has 2 heterocycles. The van der Waals surface area contributed by atoms with Gasteiger partial charge in [-0.15, -0.1) is 0 Å². The van der Waals surface area contributed by atoms with E-state index in [4.69, 9.17) is 29.2 Å². The molecule has 420 valence electrons. The Kier molecular flexibility index (Phi) is 17.6. The van der Waals surface area contributed by atoms with Crippen LogP contribution in [0.5, 0.6) is 11.5 Å². The number of carbonyl (C=O) groups excluding carboxylic acids is 4. The lowest BCUT2D eigenvalue weighted by molar-refractivity contribution is -0.670. The van der Waals surface area contributed by atoms with Gasteiger partial charge in [-0.3, -0.25) is 19.1 Å². The first-order chi connectivity index (χ1) is 38.1. The first kappa shape index (κ1) is 57.4. The topological polar surface area (TPSA) is 291 Å². The van der Waals surface area contributed by atoms with Gasteiger partial charge < -0.3 is 45.7 Å². The van der Waals surface area contributed by atoms with Crippen molar-refractivity contribution in [2.24, 2.45) is 21.6 Å². The van der Waals surface area contributed by atoms with Crippen LogP contribution in [0.25, 0.3) is 16.8 Å². The summed E-state index contributed by atoms with van der Waals surface area (Å²) in [6.45, 7) is 12.4. The summed E-state index contributed by atoms with van der Waals surface area (Å²) < 4.78 is 59.2. The van der Waals surface area contributed by atoms with Crippen LogP contribution in [0.2, 0.25) is 0 Å². The second-order valence-electron chi connectivity index (χ2n) is 20.6. The number of sulfonamides is 1. The number of nitrogens with zero attached hydrogens (tertiary/aromatic N) is 4. The molecule has 5 aromatic carbocycles. The normalized spacial score (nSPS) is 14.9. The van der Waals surface area contributed by atoms with E-state index in [0.29, 0.717) is 40.1 Å². The van der Waals surface area contributed by atoms with E-state index in [2.05, 4.69) is 35.9 Å². The van der Waals surface area contributed by atoms with Crippen molar-refractivity contribution in [2.45, 2.75) is 109 Å². The van der Waals surface area contributed by atoms with E-state index in [-0.39, 0.29) is 54.9 Å². The Labute approximate surface area is 464 Å². The van der Waals surface area contributed by atoms with Crippen molar-refractivity contribution in [1.82, 2.24) is 25.9 Å². The van der Waals surface area contributed by atoms with Gasteiger partial charge in [-0.25, -0.2) is 22.7 Å². The number of methoxy groups -OCH3 is 1. The Morgan fingerprint density at radius 2 is 1.49 bits per heavy atom. The van der Waals surface area contributed by atoms with Gasteiger partial charge in [-0.2, -0.15) is 4.99 Å². The first-order valence-electron chi connectivity index (χ1n) is 26.0. The number of nitrogens with two attached hydrogens (primary N) is 1. The molecule has 1 aromatic heterocycles. The van der Waals surface area contributed by atoms with Gasteiger partial charge in [0.25, 0.3) is 16.2 Å². The quantitative estimate of drug-likeness (QED) is 0.0212. The molecule has 0 bridgehead atoms. The third-order valence-electron chi connectivity index (χ3n) is 14.0. The smallest absolute Gasteiger partial charge is 0.407 e. The molecule has 0 fully saturated rings. The van der Waals surface area contributed by atoms with Crippen LogP contribution in [0.4, 0.5) is 10.7 Å². The minimum atomic E-state index is -4.23. The molecule has 1 aliphatic carbocycles. The van der Waals surface area contributed by atoms with Crippen molar-refractivity contribution >= 4 is 51.8 Å². The molecule has 0 unspecified atom stereocenters. The van der Waals surface area contributed by atoms with Crippen LogP contribution in [0.1, 0.15) is 85.4 Å². The second kappa shape index (κ2) is 24.5. The fraction of sp³-hybridized carbons (Fsp3) is 0.345. The van der Waals surface area contributed by atoms with Crippen LogP contribution in [-0.2, 0) is 46.7 Å². The highest BCUT2D eigenvalue weighted by Gasteiger charge is 2.38. The van der Waals surface area contributed by atoms with E-state index in [9.17, 15) is 32.7 Å². The number of fused-ring (bicyclic) bond motifs is 4. The molecule has 2 aliphatic rings. The Bertz CT molecular complexity index is 3410. The fourth-order valence-electron chi connectivity index (χ4n) is 9.91. The van der Waals surface area contributed by atoms with E-state index < -0.39 is 75.6 Å². The molecule has 1 aliphatic heterocycles. The number of alkyl carbamates (subject to hydrolysis) is 1. The van der Waals surface area contributed by atoms with Crippen LogP contribution < -0.4 is 45.7 Å². The molecule has 0 spiro atoms. The molecule has 8 rings (SSSR count). The van der Waals surface area contributed by atoms with Gasteiger partial charge in [0.1, 0.15) is 36.1 Å². The number of aliphatic imine (C=N–C) groups is 2. The van der Waals surface area contributed by atoms with Gasteiger partial charge in [0, 0.05) is 48.8 Å². The van der Waals surface area contributed by atoms with Gasteiger partial charge in [0.05, 0.1) is 12.0 Å². The third kappa shape index (κ3) is 13.4. The lowest BCUT2D eigenvalue weighted by Gasteiger charge is -2.26. The Morgan fingerprint density at radius 1 is 0.850 bits per heavy atom. The van der Waals surface area contributed by atoms with Crippen LogP contribution in [0.3, 0.4) is 0 Å². The van der Waals surface area contributed by atoms with Gasteiger partial charge in [-0.1, -0.05) is 92.7 Å². The van der Waals surface area contributed by atoms with Crippen molar-refractivity contribution in [3.8, 4) is 28.3 Å². The molecule has 21 nitrogen and oxygen atoms in total. The number of ether oxygens (including phenoxy) is 4. The lowest BCUT2D eigenvalue weighted by Crippen LogP contribution is -2.57. The predicted octanol–water partition coefficient (Wildman–Crippen LogP) is 5.34. The van der Waals surface area contributed by atoms with Crippen LogP contribution in [0, 0.1) is 26.7 Å². The number of esters is 1. The molecule has 0 radical (unpaired) electrons. The zero-order valence-electron chi connectivity index (χ0n) is 45.7. The average molecular weight is 1110 g/mol. The van der Waals surface area contributed by atoms with Gasteiger partial charge in [-0.05, 0) is 115 Å². The van der Waals surface area contributed by atoms with Crippen molar-refractivity contribution < 1.29 is 60.9 Å². The molecule has 0 saturated carbocycles. The third-order valence-corrected chi connectivity index (χ3v) is 15.6. The highest BCUT2D eigenvalue weighted by atomic mass is 32.2. The number of amides is 3. The Hall–Kier alpha value is -8.79. The van der Waals surface area contributed by atoms with Crippen LogP contribution in [0.15, 0.2) is 129 Å². The van der Waals surface area contributed by atoms with Crippen molar-refractivity contribution in [3.05, 3.63) is 148 Å². The number of hydrogen-bond acceptors (Lipinski definition) is 15. The molecular weight excluding hydrogens is 1050 g/mol. The molecule has 22 heteroatoms. The summed E-state index contributed by atoms with van der Waals surface area (Å²) in [4.78, 5) is 63.7. The van der Waals surface area contributed by atoms with E-state index in [1.54, 1.807) is 52.0 Å². The van der Waals surface area contributed by atoms with Crippen molar-refractivity contribution in [1.29, 1.82) is 0 Å². The van der Waals surface area contributed by atoms with Crippen molar-refractivity contribution in [2.75, 3.05) is 20.3 Å². The molecule has 3 amide bonds. The summed E-state index contributed by atoms with van der Waals surface area (Å²) >= 11 is 0. The first-order valence-corrected chi connectivity index (χ1v) is 27.5. The molecule has 6 aromatic rings. The van der Waals surface area contributed by atoms with Crippen LogP contribution in [-0.4, -0.2) is 93.6 Å². The van der Waals surface area contributed by atoms with Crippen LogP contribution >= 0.6 is 0 Å². The monoisotopic (exact) mass is 1110 g/mol. The highest BCUT2D eigenvalue weighted by Crippen LogP contribution is 2.45. The summed E-state index contributed by atoms with van der Waals surface area (Å²) in [5.74, 6) is -2.70. The minimum Gasteiger partial charge on any atom is -0.566 e. The summed E-state index contributed by atoms with van der Waals surface area (Å²) in [7, 11) is -3.04. The molecule has 80 heavy (non-hydrogen) atoms. The number of hydrogen-bond donors (Lipinski definition) is 5. The Morgan fingerprint density at radius 3 is 2.14 bits per heavy atom. The molecular formula is C58H65N9O12S. The SMILES string of the molecule is COC(=O)[C@@H](NC(=O)[C@H](Cc1ccc(O/C([O-])=N/c2c[n+](-c3ccccc3)no2)cc1)NC(=O)[C@H](CCCN=C(N)NS(=O)(=O)c1c(C)c(C)c2c(c1C)CC(C)(C)O2)NC(=O)OCC1c2ccccc2-c2ccccc21)C(C)C. The fourth-order valence-corrected chi connectivity index (χ4v) is 11.4. The van der Waals surface area contributed by atoms with E-state index in [1.807, 2.05) is 87.5 Å². The number of aromatic nitrogens is 2. The summed E-state index contributed by atoms with van der Waals surface area (Å²) in [5, 5.41) is 24.8. The maximum Gasteiger partial charge on any atom is 0.407 e. The van der Waals surface area contributed by atoms with Crippen molar-refractivity contribution in [3.63, 3.8) is 0 Å². The van der Waals surface area contributed by atoms with Gasteiger partial charge >= 0.3 is 17.9 Å². The summed E-state index contributed by atoms with van der Waals surface area (Å²) in [5.41, 5.74) is 13.4. The largest absolute Gasteiger partial charge is 0.566 e. The lowest BCUT2D eigenvalue weighted by atomic mass is 9.94. The second-order valence-corrected chi connectivity index (χ2v) is 22.2. The summed E-state index contributed by atoms with van der Waals surface area (Å²) in [6, 6.07) is 27.0. The molecule has 0 saturated heterocycles. The number of rotatable bonds is 20. The number of benzene rings is 5. The zero-order chi connectivity index (χ0) is 57.5. The number of nitrogens with one attached hydrogen (secondary N) is 4. The van der Waals surface area contributed by atoms with E-state index in [0.717, 1.165) is 27.8 Å². The molecule has 6 N–H and O–H groups in total. The Balaban J connectivity index is 0.997. The highest BCUT2D eigenvalue weighted by molar-refractivity contribution is 7.90. The van der Waals surface area contributed by atoms with Gasteiger partial charge in [0.2, 0.25) is 28.7 Å². The average Bonchev–Trinajstić information content (AvgIpc) is 4.14. The predicted molar refractivity (Wildman–Crippen MR) is 294 cm³/mol. The standard InChI is InChI=1S/C58H65N9O12S/c1-33(2)49(54(70)75-8)64-53(69)47(29-37-24-26-39(27-25-37)77-57(72)63-48-31-67(66-79-48)38-17-10-9-11-18-38)61-52(68)46(62-56(71)76-32-45-42-21-14-12-19-40(42)41-20-13-15-22-43(41)45)23-16-28-60-55(59)65-80(73,74)51-35(4)34(3)50-44(36(51)5)30-58(6,7)78-50/h9-15,17-22,24-27,31,33,45-47,49H,16,23,28-30,32H2,1-8H3,(H6-,59,60,61,62,63,64,65,66,68,69,71,72)/t46-,47-,49-/m0/s1. The number of guanidine groups is 1. The number of para-hydroxylation sites is 1. The van der Waals surface area contributed by atoms with E-state index in [1.165, 1.54) is 30.1 Å². The minimum absolute atomic E-state index is 0.0640. The maximum absolute atomic E-state index is 14.6.